The van der Waals surface area contributed by atoms with E-state index < -0.39 is 20.0 Å². The van der Waals surface area contributed by atoms with Crippen LogP contribution in [0, 0.1) is 5.92 Å². The second-order valence-corrected chi connectivity index (χ2v) is 9.09. The highest BCUT2D eigenvalue weighted by molar-refractivity contribution is 7.90. The van der Waals surface area contributed by atoms with Gasteiger partial charge in [-0.05, 0) is 32.2 Å². The van der Waals surface area contributed by atoms with Gasteiger partial charge >= 0.3 is 0 Å². The fourth-order valence-electron chi connectivity index (χ4n) is 2.37. The van der Waals surface area contributed by atoms with Crippen molar-refractivity contribution in [2.24, 2.45) is 11.7 Å². The summed E-state index contributed by atoms with van der Waals surface area (Å²) in [5.41, 5.74) is 5.66. The van der Waals surface area contributed by atoms with E-state index in [1.807, 2.05) is 0 Å². The highest BCUT2D eigenvalue weighted by Gasteiger charge is 2.27. The monoisotopic (exact) mass is 363 g/mol. The Labute approximate surface area is 133 Å². The van der Waals surface area contributed by atoms with Gasteiger partial charge in [0.25, 0.3) is 0 Å². The van der Waals surface area contributed by atoms with Gasteiger partial charge in [0.05, 0.1) is 11.5 Å². The van der Waals surface area contributed by atoms with Gasteiger partial charge in [-0.3, -0.25) is 0 Å². The Hall–Kier alpha value is 0.0700. The number of nitrogens with one attached hydrogen (secondary N) is 2. The van der Waals surface area contributed by atoms with Gasteiger partial charge in [-0.2, -0.15) is 0 Å². The molecule has 0 radical (unpaired) electrons. The molecular formula is C11H26ClN3O4S2. The zero-order valence-electron chi connectivity index (χ0n) is 12.2. The smallest absolute Gasteiger partial charge is 0.213 e. The van der Waals surface area contributed by atoms with E-state index >= 15 is 0 Å². The minimum Gasteiger partial charge on any atom is -0.330 e. The molecule has 0 aromatic heterocycles. The lowest BCUT2D eigenvalue weighted by Crippen LogP contribution is -2.46. The lowest BCUT2D eigenvalue weighted by molar-refractivity contribution is 0.296. The number of sulfonamides is 2. The molecule has 0 aromatic carbocycles. The van der Waals surface area contributed by atoms with Gasteiger partial charge in [0.15, 0.2) is 0 Å². The Balaban J connectivity index is 0.00000400. The molecule has 0 heterocycles. The average molecular weight is 364 g/mol. The van der Waals surface area contributed by atoms with Gasteiger partial charge in [-0.1, -0.05) is 12.8 Å². The molecule has 4 N–H and O–H groups in total. The summed E-state index contributed by atoms with van der Waals surface area (Å²) in [6.45, 7) is 1.87. The lowest BCUT2D eigenvalue weighted by atomic mass is 9.85. The maximum absolute atomic E-state index is 11.9. The average Bonchev–Trinajstić information content (AvgIpc) is 2.38. The Bertz CT molecular complexity index is 496. The minimum atomic E-state index is -3.49. The summed E-state index contributed by atoms with van der Waals surface area (Å²) in [6.07, 6.45) is 3.80. The van der Waals surface area contributed by atoms with E-state index in [4.69, 9.17) is 5.73 Å². The van der Waals surface area contributed by atoms with Crippen LogP contribution in [-0.4, -0.2) is 47.5 Å². The molecule has 2 unspecified atom stereocenters. The Kier molecular flexibility index (Phi) is 9.29. The van der Waals surface area contributed by atoms with Crippen molar-refractivity contribution in [3.05, 3.63) is 0 Å². The van der Waals surface area contributed by atoms with Gasteiger partial charge in [0, 0.05) is 12.6 Å². The van der Waals surface area contributed by atoms with Crippen LogP contribution in [0.15, 0.2) is 0 Å². The molecule has 10 heteroatoms. The van der Waals surface area contributed by atoms with Crippen molar-refractivity contribution < 1.29 is 16.8 Å². The van der Waals surface area contributed by atoms with Crippen LogP contribution in [0.4, 0.5) is 0 Å². The van der Waals surface area contributed by atoms with Crippen LogP contribution in [0.5, 0.6) is 0 Å². The van der Waals surface area contributed by atoms with Crippen molar-refractivity contribution in [2.45, 2.75) is 38.6 Å². The van der Waals surface area contributed by atoms with Crippen LogP contribution in [0.2, 0.25) is 0 Å². The lowest BCUT2D eigenvalue weighted by Gasteiger charge is -2.31. The summed E-state index contributed by atoms with van der Waals surface area (Å²) in [6, 6.07) is -0.124. The highest BCUT2D eigenvalue weighted by atomic mass is 35.5. The molecule has 1 fully saturated rings. The van der Waals surface area contributed by atoms with E-state index in [0.717, 1.165) is 25.7 Å². The second kappa shape index (κ2) is 9.26. The SMILES string of the molecule is CCS(=O)(=O)NCCS(=O)(=O)NC1CCCCC1CN.Cl. The van der Waals surface area contributed by atoms with Crippen LogP contribution in [0.25, 0.3) is 0 Å². The molecule has 2 atom stereocenters. The summed E-state index contributed by atoms with van der Waals surface area (Å²) < 4.78 is 51.3. The zero-order valence-corrected chi connectivity index (χ0v) is 14.7. The van der Waals surface area contributed by atoms with E-state index in [-0.39, 0.29) is 42.4 Å². The standard InChI is InChI=1S/C11H25N3O4S2.ClH/c1-2-19(15,16)13-7-8-20(17,18)14-11-6-4-3-5-10(11)9-12;/h10-11,13-14H,2-9,12H2,1H3;1H. The number of hydrogen-bond donors (Lipinski definition) is 3. The molecule has 1 saturated carbocycles. The zero-order chi connectivity index (χ0) is 15.2. The molecule has 0 aromatic rings. The third-order valence-electron chi connectivity index (χ3n) is 3.62. The first kappa shape index (κ1) is 21.1. The van der Waals surface area contributed by atoms with E-state index in [1.54, 1.807) is 0 Å². The molecule has 0 saturated heterocycles. The molecule has 128 valence electrons. The largest absolute Gasteiger partial charge is 0.330 e. The van der Waals surface area contributed by atoms with Crippen LogP contribution in [-0.2, 0) is 20.0 Å². The molecule has 1 aliphatic rings. The Morgan fingerprint density at radius 1 is 1.10 bits per heavy atom. The molecule has 0 aliphatic heterocycles. The molecule has 7 nitrogen and oxygen atoms in total. The first-order valence-corrected chi connectivity index (χ1v) is 10.3. The van der Waals surface area contributed by atoms with Crippen molar-refractivity contribution >= 4 is 32.5 Å². The number of halogens is 1. The summed E-state index contributed by atoms with van der Waals surface area (Å²) in [5.74, 6) is -0.135. The first-order valence-electron chi connectivity index (χ1n) is 6.97. The summed E-state index contributed by atoms with van der Waals surface area (Å²) in [5, 5.41) is 0. The molecule has 1 aliphatic carbocycles. The third kappa shape index (κ3) is 7.75. The van der Waals surface area contributed by atoms with Crippen molar-refractivity contribution in [3.8, 4) is 0 Å². The van der Waals surface area contributed by atoms with Crippen molar-refractivity contribution in [1.82, 2.24) is 9.44 Å². The summed E-state index contributed by atoms with van der Waals surface area (Å²) >= 11 is 0. The second-order valence-electron chi connectivity index (χ2n) is 5.12. The maximum atomic E-state index is 11.9. The minimum absolute atomic E-state index is 0. The van der Waals surface area contributed by atoms with Crippen molar-refractivity contribution in [1.29, 1.82) is 0 Å². The third-order valence-corrected chi connectivity index (χ3v) is 6.42. The van der Waals surface area contributed by atoms with E-state index in [2.05, 4.69) is 9.44 Å². The molecule has 0 spiro atoms. The van der Waals surface area contributed by atoms with Crippen LogP contribution >= 0.6 is 12.4 Å². The fraction of sp³-hybridized carbons (Fsp3) is 1.00. The van der Waals surface area contributed by atoms with Gasteiger partial charge in [-0.25, -0.2) is 26.3 Å². The predicted octanol–water partition coefficient (Wildman–Crippen LogP) is -0.216. The predicted molar refractivity (Wildman–Crippen MR) is 86.4 cm³/mol. The normalized spacial score (nSPS) is 23.5. The van der Waals surface area contributed by atoms with Crippen LogP contribution < -0.4 is 15.2 Å². The van der Waals surface area contributed by atoms with Crippen molar-refractivity contribution in [2.75, 3.05) is 24.6 Å². The highest BCUT2D eigenvalue weighted by Crippen LogP contribution is 2.23. The Morgan fingerprint density at radius 2 is 1.71 bits per heavy atom. The summed E-state index contributed by atoms with van der Waals surface area (Å²) in [4.78, 5) is 0. The summed E-state index contributed by atoms with van der Waals surface area (Å²) in [7, 11) is -6.84. The fourth-order valence-corrected chi connectivity index (χ4v) is 4.37. The molecule has 0 amide bonds. The van der Waals surface area contributed by atoms with Gasteiger partial charge < -0.3 is 5.73 Å². The maximum Gasteiger partial charge on any atom is 0.213 e. The van der Waals surface area contributed by atoms with E-state index in [0.29, 0.717) is 6.54 Å². The first-order chi connectivity index (χ1) is 9.29. The van der Waals surface area contributed by atoms with Crippen LogP contribution in [0.1, 0.15) is 32.6 Å². The van der Waals surface area contributed by atoms with Crippen molar-refractivity contribution in [3.63, 3.8) is 0 Å². The van der Waals surface area contributed by atoms with Gasteiger partial charge in [0.2, 0.25) is 20.0 Å². The number of rotatable bonds is 8. The Morgan fingerprint density at radius 3 is 2.29 bits per heavy atom. The van der Waals surface area contributed by atoms with Gasteiger partial charge in [0.1, 0.15) is 0 Å². The van der Waals surface area contributed by atoms with E-state index in [9.17, 15) is 16.8 Å². The molecule has 1 rings (SSSR count). The molecule has 0 bridgehead atoms. The van der Waals surface area contributed by atoms with Gasteiger partial charge in [-0.15, -0.1) is 12.4 Å². The van der Waals surface area contributed by atoms with Crippen LogP contribution in [0.3, 0.4) is 0 Å². The molecule has 21 heavy (non-hydrogen) atoms. The topological polar surface area (TPSA) is 118 Å². The number of nitrogens with two attached hydrogens (primary N) is 1. The molecular weight excluding hydrogens is 338 g/mol. The van der Waals surface area contributed by atoms with E-state index in [1.165, 1.54) is 6.92 Å². The quantitative estimate of drug-likeness (QED) is 0.551. The number of hydrogen-bond acceptors (Lipinski definition) is 5.